The van der Waals surface area contributed by atoms with Gasteiger partial charge in [-0.1, -0.05) is 36.4 Å². The third-order valence-corrected chi connectivity index (χ3v) is 2.82. The summed E-state index contributed by atoms with van der Waals surface area (Å²) in [5.74, 6) is -1.21. The first-order chi connectivity index (χ1) is 9.65. The van der Waals surface area contributed by atoms with Crippen molar-refractivity contribution in [2.45, 2.75) is 6.92 Å². The SMILES string of the molecule is CCOc1cccc(C(=O)O)c1C(=O)c1ccccc1. The standard InChI is InChI=1S/C16H14O4/c1-2-20-13-10-6-9-12(16(18)19)14(13)15(17)11-7-4-3-5-8-11/h3-10H,2H2,1H3,(H,18,19). The Morgan fingerprint density at radius 1 is 1.05 bits per heavy atom. The average molecular weight is 270 g/mol. The van der Waals surface area contributed by atoms with E-state index in [1.54, 1.807) is 49.4 Å². The van der Waals surface area contributed by atoms with Crippen LogP contribution in [-0.4, -0.2) is 23.5 Å². The number of hydrogen-bond acceptors (Lipinski definition) is 3. The highest BCUT2D eigenvalue weighted by atomic mass is 16.5. The summed E-state index contributed by atoms with van der Waals surface area (Å²) in [7, 11) is 0. The highest BCUT2D eigenvalue weighted by Crippen LogP contribution is 2.25. The minimum atomic E-state index is -1.15. The molecule has 20 heavy (non-hydrogen) atoms. The molecule has 0 unspecified atom stereocenters. The monoisotopic (exact) mass is 270 g/mol. The summed E-state index contributed by atoms with van der Waals surface area (Å²) in [6.45, 7) is 2.14. The van der Waals surface area contributed by atoms with E-state index in [0.717, 1.165) is 0 Å². The zero-order valence-corrected chi connectivity index (χ0v) is 11.0. The van der Waals surface area contributed by atoms with Crippen LogP contribution in [0.5, 0.6) is 5.75 Å². The summed E-state index contributed by atoms with van der Waals surface area (Å²) in [5, 5.41) is 9.25. The van der Waals surface area contributed by atoms with E-state index in [2.05, 4.69) is 0 Å². The Labute approximate surface area is 116 Å². The Bertz CT molecular complexity index is 632. The number of carboxylic acids is 1. The van der Waals surface area contributed by atoms with E-state index in [4.69, 9.17) is 4.74 Å². The molecule has 0 heterocycles. The molecule has 0 aliphatic heterocycles. The molecule has 0 atom stereocenters. The summed E-state index contributed by atoms with van der Waals surface area (Å²) >= 11 is 0. The maximum absolute atomic E-state index is 12.5. The summed E-state index contributed by atoms with van der Waals surface area (Å²) in [5.41, 5.74) is 0.472. The molecule has 0 spiro atoms. The maximum atomic E-state index is 12.5. The van der Waals surface area contributed by atoms with Crippen LogP contribution in [0.15, 0.2) is 48.5 Å². The largest absolute Gasteiger partial charge is 0.493 e. The van der Waals surface area contributed by atoms with Gasteiger partial charge in [0.25, 0.3) is 0 Å². The summed E-state index contributed by atoms with van der Waals surface area (Å²) in [6, 6.07) is 13.1. The van der Waals surface area contributed by atoms with Crippen molar-refractivity contribution >= 4 is 11.8 Å². The van der Waals surface area contributed by atoms with Crippen LogP contribution in [0.25, 0.3) is 0 Å². The Morgan fingerprint density at radius 2 is 1.75 bits per heavy atom. The zero-order chi connectivity index (χ0) is 14.5. The molecule has 0 fully saturated rings. The van der Waals surface area contributed by atoms with Crippen molar-refractivity contribution in [1.29, 1.82) is 0 Å². The summed E-state index contributed by atoms with van der Waals surface area (Å²) in [6.07, 6.45) is 0. The van der Waals surface area contributed by atoms with E-state index in [9.17, 15) is 14.7 Å². The molecular weight excluding hydrogens is 256 g/mol. The summed E-state index contributed by atoms with van der Waals surface area (Å²) < 4.78 is 5.39. The van der Waals surface area contributed by atoms with Gasteiger partial charge >= 0.3 is 5.97 Å². The number of carboxylic acid groups (broad SMARTS) is 1. The number of ether oxygens (including phenoxy) is 1. The van der Waals surface area contributed by atoms with Gasteiger partial charge in [0.2, 0.25) is 0 Å². The van der Waals surface area contributed by atoms with E-state index in [0.29, 0.717) is 17.9 Å². The van der Waals surface area contributed by atoms with Gasteiger partial charge in [0.05, 0.1) is 17.7 Å². The van der Waals surface area contributed by atoms with Crippen LogP contribution < -0.4 is 4.74 Å². The number of aromatic carboxylic acids is 1. The molecule has 0 bridgehead atoms. The van der Waals surface area contributed by atoms with Crippen LogP contribution in [0.1, 0.15) is 33.2 Å². The molecular formula is C16H14O4. The second-order valence-electron chi connectivity index (χ2n) is 4.11. The number of benzene rings is 2. The lowest BCUT2D eigenvalue weighted by Gasteiger charge is -2.12. The number of carbonyl (C=O) groups excluding carboxylic acids is 1. The molecule has 0 aliphatic carbocycles. The fourth-order valence-electron chi connectivity index (χ4n) is 1.95. The molecule has 0 aliphatic rings. The van der Waals surface area contributed by atoms with Gasteiger partial charge in [0.1, 0.15) is 5.75 Å². The first-order valence-electron chi connectivity index (χ1n) is 6.24. The van der Waals surface area contributed by atoms with Gasteiger partial charge in [-0.25, -0.2) is 4.79 Å². The zero-order valence-electron chi connectivity index (χ0n) is 11.0. The Morgan fingerprint density at radius 3 is 2.35 bits per heavy atom. The molecule has 0 saturated heterocycles. The molecule has 4 nitrogen and oxygen atoms in total. The number of ketones is 1. The Hall–Kier alpha value is -2.62. The number of rotatable bonds is 5. The van der Waals surface area contributed by atoms with E-state index in [-0.39, 0.29) is 16.9 Å². The molecule has 4 heteroatoms. The van der Waals surface area contributed by atoms with Gasteiger partial charge in [-0.05, 0) is 19.1 Å². The first kappa shape index (κ1) is 13.8. The van der Waals surface area contributed by atoms with Crippen LogP contribution in [0.3, 0.4) is 0 Å². The van der Waals surface area contributed by atoms with Gasteiger partial charge < -0.3 is 9.84 Å². The second kappa shape index (κ2) is 6.02. The highest BCUT2D eigenvalue weighted by Gasteiger charge is 2.22. The van der Waals surface area contributed by atoms with E-state index in [1.807, 2.05) is 0 Å². The van der Waals surface area contributed by atoms with Crippen molar-refractivity contribution in [2.75, 3.05) is 6.61 Å². The number of carbonyl (C=O) groups is 2. The van der Waals surface area contributed by atoms with E-state index in [1.165, 1.54) is 6.07 Å². The second-order valence-corrected chi connectivity index (χ2v) is 4.11. The number of hydrogen-bond donors (Lipinski definition) is 1. The Kier molecular flexibility index (Phi) is 4.15. The van der Waals surface area contributed by atoms with Crippen LogP contribution in [0, 0.1) is 0 Å². The lowest BCUT2D eigenvalue weighted by Crippen LogP contribution is -2.12. The van der Waals surface area contributed by atoms with Crippen molar-refractivity contribution < 1.29 is 19.4 Å². The van der Waals surface area contributed by atoms with Crippen molar-refractivity contribution in [1.82, 2.24) is 0 Å². The lowest BCUT2D eigenvalue weighted by molar-refractivity contribution is 0.0692. The predicted molar refractivity (Wildman–Crippen MR) is 74.4 cm³/mol. The molecule has 0 saturated carbocycles. The molecule has 2 rings (SSSR count). The normalized spacial score (nSPS) is 10.1. The fourth-order valence-corrected chi connectivity index (χ4v) is 1.95. The fraction of sp³-hybridized carbons (Fsp3) is 0.125. The van der Waals surface area contributed by atoms with Crippen LogP contribution >= 0.6 is 0 Å². The molecule has 102 valence electrons. The maximum Gasteiger partial charge on any atom is 0.336 e. The average Bonchev–Trinajstić information content (AvgIpc) is 2.47. The highest BCUT2D eigenvalue weighted by molar-refractivity contribution is 6.15. The first-order valence-corrected chi connectivity index (χ1v) is 6.24. The van der Waals surface area contributed by atoms with Gasteiger partial charge in [-0.15, -0.1) is 0 Å². The van der Waals surface area contributed by atoms with Crippen molar-refractivity contribution in [3.05, 3.63) is 65.2 Å². The molecule has 0 aromatic heterocycles. The van der Waals surface area contributed by atoms with Crippen molar-refractivity contribution in [2.24, 2.45) is 0 Å². The van der Waals surface area contributed by atoms with Crippen LogP contribution in [-0.2, 0) is 0 Å². The van der Waals surface area contributed by atoms with Crippen molar-refractivity contribution in [3.8, 4) is 5.75 Å². The molecule has 0 amide bonds. The third kappa shape index (κ3) is 2.69. The van der Waals surface area contributed by atoms with Crippen molar-refractivity contribution in [3.63, 3.8) is 0 Å². The van der Waals surface area contributed by atoms with Gasteiger partial charge in [-0.2, -0.15) is 0 Å². The van der Waals surface area contributed by atoms with Gasteiger partial charge in [0, 0.05) is 5.56 Å². The van der Waals surface area contributed by atoms with Crippen LogP contribution in [0.4, 0.5) is 0 Å². The minimum Gasteiger partial charge on any atom is -0.493 e. The summed E-state index contributed by atoms with van der Waals surface area (Å²) in [4.78, 5) is 23.8. The molecule has 2 aromatic rings. The minimum absolute atomic E-state index is 0.0511. The smallest absolute Gasteiger partial charge is 0.336 e. The quantitative estimate of drug-likeness (QED) is 0.848. The van der Waals surface area contributed by atoms with Gasteiger partial charge in [-0.3, -0.25) is 4.79 Å². The molecule has 1 N–H and O–H groups in total. The van der Waals surface area contributed by atoms with E-state index >= 15 is 0 Å². The molecule has 0 radical (unpaired) electrons. The topological polar surface area (TPSA) is 63.6 Å². The van der Waals surface area contributed by atoms with Gasteiger partial charge in [0.15, 0.2) is 5.78 Å². The Balaban J connectivity index is 2.58. The molecule has 2 aromatic carbocycles. The lowest BCUT2D eigenvalue weighted by atomic mass is 9.97. The van der Waals surface area contributed by atoms with Crippen LogP contribution in [0.2, 0.25) is 0 Å². The third-order valence-electron chi connectivity index (χ3n) is 2.82. The van der Waals surface area contributed by atoms with E-state index < -0.39 is 5.97 Å². The predicted octanol–water partition coefficient (Wildman–Crippen LogP) is 3.01.